The van der Waals surface area contributed by atoms with Crippen LogP contribution in [-0.4, -0.2) is 25.0 Å². The molecule has 8 heteroatoms. The maximum Gasteiger partial charge on any atom is 0.240 e. The SMILES string of the molecule is O=S(=O)(NCc1cnc([C@H]2CCCCO2)nc1)c1ccc(F)cc1. The molecule has 1 N–H and O–H groups in total. The highest BCUT2D eigenvalue weighted by molar-refractivity contribution is 7.89. The molecule has 0 bridgehead atoms. The Morgan fingerprint density at radius 3 is 2.50 bits per heavy atom. The molecule has 0 unspecified atom stereocenters. The lowest BCUT2D eigenvalue weighted by molar-refractivity contribution is 0.00940. The van der Waals surface area contributed by atoms with E-state index in [-0.39, 0.29) is 17.5 Å². The number of hydrogen-bond acceptors (Lipinski definition) is 5. The van der Waals surface area contributed by atoms with Crippen LogP contribution in [0.2, 0.25) is 0 Å². The fraction of sp³-hybridized carbons (Fsp3) is 0.375. The van der Waals surface area contributed by atoms with E-state index in [0.29, 0.717) is 18.0 Å². The Morgan fingerprint density at radius 1 is 1.17 bits per heavy atom. The van der Waals surface area contributed by atoms with E-state index >= 15 is 0 Å². The molecule has 1 atom stereocenters. The summed E-state index contributed by atoms with van der Waals surface area (Å²) in [5.74, 6) is 0.141. The van der Waals surface area contributed by atoms with Crippen LogP contribution >= 0.6 is 0 Å². The third-order valence-electron chi connectivity index (χ3n) is 3.78. The zero-order chi connectivity index (χ0) is 17.0. The molecule has 1 fully saturated rings. The van der Waals surface area contributed by atoms with Crippen molar-refractivity contribution in [1.29, 1.82) is 0 Å². The van der Waals surface area contributed by atoms with Crippen molar-refractivity contribution in [2.75, 3.05) is 6.61 Å². The van der Waals surface area contributed by atoms with Crippen LogP contribution in [0.4, 0.5) is 4.39 Å². The van der Waals surface area contributed by atoms with Crippen LogP contribution in [0, 0.1) is 5.82 Å². The Hall–Kier alpha value is -1.90. The maximum atomic E-state index is 12.9. The van der Waals surface area contributed by atoms with Crippen LogP contribution in [0.3, 0.4) is 0 Å². The lowest BCUT2D eigenvalue weighted by Gasteiger charge is -2.21. The van der Waals surface area contributed by atoms with Crippen molar-refractivity contribution in [3.63, 3.8) is 0 Å². The minimum atomic E-state index is -3.70. The van der Waals surface area contributed by atoms with Crippen LogP contribution in [0.5, 0.6) is 0 Å². The second kappa shape index (κ2) is 7.33. The highest BCUT2D eigenvalue weighted by Gasteiger charge is 2.19. The summed E-state index contributed by atoms with van der Waals surface area (Å²) in [5, 5.41) is 0. The Kier molecular flexibility index (Phi) is 5.17. The Balaban J connectivity index is 1.62. The van der Waals surface area contributed by atoms with Gasteiger partial charge in [0.05, 0.1) is 4.90 Å². The summed E-state index contributed by atoms with van der Waals surface area (Å²) in [5.41, 5.74) is 0.639. The van der Waals surface area contributed by atoms with Crippen LogP contribution < -0.4 is 4.72 Å². The molecule has 1 aliphatic heterocycles. The van der Waals surface area contributed by atoms with Gasteiger partial charge >= 0.3 is 0 Å². The van der Waals surface area contributed by atoms with Crippen molar-refractivity contribution in [3.8, 4) is 0 Å². The molecule has 24 heavy (non-hydrogen) atoms. The summed E-state index contributed by atoms with van der Waals surface area (Å²) >= 11 is 0. The van der Waals surface area contributed by atoms with Gasteiger partial charge in [-0.2, -0.15) is 0 Å². The zero-order valence-corrected chi connectivity index (χ0v) is 13.8. The normalized spacial score (nSPS) is 18.5. The molecule has 0 saturated carbocycles. The Bertz CT molecular complexity index is 773. The second-order valence-corrected chi connectivity index (χ2v) is 7.35. The molecule has 0 amide bonds. The summed E-state index contributed by atoms with van der Waals surface area (Å²) in [7, 11) is -3.70. The van der Waals surface area contributed by atoms with Crippen LogP contribution in [0.1, 0.15) is 36.8 Å². The summed E-state index contributed by atoms with van der Waals surface area (Å²) in [6.07, 6.45) is 6.15. The van der Waals surface area contributed by atoms with Crippen molar-refractivity contribution in [1.82, 2.24) is 14.7 Å². The first-order chi connectivity index (χ1) is 11.5. The highest BCUT2D eigenvalue weighted by atomic mass is 32.2. The summed E-state index contributed by atoms with van der Waals surface area (Å²) in [6, 6.07) is 4.66. The van der Waals surface area contributed by atoms with Gasteiger partial charge in [0.15, 0.2) is 5.82 Å². The van der Waals surface area contributed by atoms with E-state index in [0.717, 1.165) is 31.4 Å². The lowest BCUT2D eigenvalue weighted by Crippen LogP contribution is -2.23. The number of halogens is 1. The van der Waals surface area contributed by atoms with E-state index in [2.05, 4.69) is 14.7 Å². The predicted molar refractivity (Wildman–Crippen MR) is 85.0 cm³/mol. The van der Waals surface area contributed by atoms with Crippen LogP contribution in [-0.2, 0) is 21.3 Å². The first-order valence-electron chi connectivity index (χ1n) is 7.72. The molecule has 3 rings (SSSR count). The van der Waals surface area contributed by atoms with Crippen molar-refractivity contribution >= 4 is 10.0 Å². The van der Waals surface area contributed by atoms with Crippen molar-refractivity contribution in [2.45, 2.75) is 36.8 Å². The van der Waals surface area contributed by atoms with Gasteiger partial charge in [0.1, 0.15) is 11.9 Å². The van der Waals surface area contributed by atoms with E-state index in [9.17, 15) is 12.8 Å². The number of nitrogens with one attached hydrogen (secondary N) is 1. The van der Waals surface area contributed by atoms with Crippen LogP contribution in [0.15, 0.2) is 41.6 Å². The number of rotatable bonds is 5. The van der Waals surface area contributed by atoms with Crippen molar-refractivity contribution in [2.24, 2.45) is 0 Å². The summed E-state index contributed by atoms with van der Waals surface area (Å²) in [4.78, 5) is 8.54. The van der Waals surface area contributed by atoms with Crippen LogP contribution in [0.25, 0.3) is 0 Å². The molecule has 2 aromatic rings. The maximum absolute atomic E-state index is 12.9. The van der Waals surface area contributed by atoms with E-state index in [1.165, 1.54) is 12.1 Å². The van der Waals surface area contributed by atoms with Gasteiger partial charge in [-0.05, 0) is 43.5 Å². The van der Waals surface area contributed by atoms with Gasteiger partial charge in [-0.15, -0.1) is 0 Å². The predicted octanol–water partition coefficient (Wildman–Crippen LogP) is 2.34. The van der Waals surface area contributed by atoms with Gasteiger partial charge in [-0.1, -0.05) is 0 Å². The minimum Gasteiger partial charge on any atom is -0.370 e. The van der Waals surface area contributed by atoms with E-state index in [4.69, 9.17) is 4.74 Å². The molecule has 0 aliphatic carbocycles. The molecule has 1 aromatic heterocycles. The van der Waals surface area contributed by atoms with Crippen molar-refractivity contribution < 1.29 is 17.5 Å². The molecule has 6 nitrogen and oxygen atoms in total. The monoisotopic (exact) mass is 351 g/mol. The van der Waals surface area contributed by atoms with E-state index < -0.39 is 15.8 Å². The fourth-order valence-electron chi connectivity index (χ4n) is 2.44. The quantitative estimate of drug-likeness (QED) is 0.894. The van der Waals surface area contributed by atoms with Gasteiger partial charge in [-0.3, -0.25) is 0 Å². The van der Waals surface area contributed by atoms with Gasteiger partial charge in [0.2, 0.25) is 10.0 Å². The molecule has 128 valence electrons. The Labute approximate surface area is 140 Å². The molecule has 0 spiro atoms. The number of benzene rings is 1. The summed E-state index contributed by atoms with van der Waals surface area (Å²) < 4.78 is 45.2. The van der Waals surface area contributed by atoms with Crippen molar-refractivity contribution in [3.05, 3.63) is 53.9 Å². The second-order valence-electron chi connectivity index (χ2n) is 5.58. The topological polar surface area (TPSA) is 81.2 Å². The molecular formula is C16H18FN3O3S. The number of aromatic nitrogens is 2. The molecule has 1 aliphatic rings. The molecule has 2 heterocycles. The molecule has 0 radical (unpaired) electrons. The number of sulfonamides is 1. The minimum absolute atomic E-state index is 0.0112. The first-order valence-corrected chi connectivity index (χ1v) is 9.20. The smallest absolute Gasteiger partial charge is 0.240 e. The third-order valence-corrected chi connectivity index (χ3v) is 5.20. The Morgan fingerprint density at radius 2 is 1.88 bits per heavy atom. The first kappa shape index (κ1) is 16.9. The van der Waals surface area contributed by atoms with Gasteiger partial charge in [0.25, 0.3) is 0 Å². The molecule has 1 saturated heterocycles. The average Bonchev–Trinajstić information content (AvgIpc) is 2.62. The summed E-state index contributed by atoms with van der Waals surface area (Å²) in [6.45, 7) is 0.777. The standard InChI is InChI=1S/C16H18FN3O3S/c17-13-4-6-14(7-5-13)24(21,22)20-11-12-9-18-16(19-10-12)15-3-1-2-8-23-15/h4-7,9-10,15,20H,1-3,8,11H2/t15-/m1/s1. The average molecular weight is 351 g/mol. The lowest BCUT2D eigenvalue weighted by atomic mass is 10.1. The van der Waals surface area contributed by atoms with E-state index in [1.54, 1.807) is 12.4 Å². The zero-order valence-electron chi connectivity index (χ0n) is 13.0. The molecule has 1 aromatic carbocycles. The van der Waals surface area contributed by atoms with Gasteiger partial charge in [-0.25, -0.2) is 27.5 Å². The van der Waals surface area contributed by atoms with Gasteiger partial charge in [0, 0.05) is 31.1 Å². The largest absolute Gasteiger partial charge is 0.370 e. The van der Waals surface area contributed by atoms with Gasteiger partial charge < -0.3 is 4.74 Å². The third kappa shape index (κ3) is 4.14. The van der Waals surface area contributed by atoms with E-state index in [1.807, 2.05) is 0 Å². The molecular weight excluding hydrogens is 333 g/mol. The highest BCUT2D eigenvalue weighted by Crippen LogP contribution is 2.24. The number of ether oxygens (including phenoxy) is 1. The fourth-order valence-corrected chi connectivity index (χ4v) is 3.46. The number of hydrogen-bond donors (Lipinski definition) is 1. The number of nitrogens with zero attached hydrogens (tertiary/aromatic N) is 2.